The zero-order valence-corrected chi connectivity index (χ0v) is 51.6. The number of unbranched alkanes of at least 4 members (excludes halogenated alkanes) is 57. The van der Waals surface area contributed by atoms with Gasteiger partial charge in [0.1, 0.15) is 0 Å². The lowest BCUT2D eigenvalue weighted by Gasteiger charge is -2.19. The summed E-state index contributed by atoms with van der Waals surface area (Å²) in [5, 5.41) is 23.2. The third kappa shape index (κ3) is 63.6. The van der Waals surface area contributed by atoms with E-state index in [1.807, 2.05) is 6.08 Å². The Morgan fingerprint density at radius 1 is 0.307 bits per heavy atom. The predicted octanol–water partition coefficient (Wildman–Crippen LogP) is 23.8. The van der Waals surface area contributed by atoms with Gasteiger partial charge >= 0.3 is 0 Å². The molecule has 0 aromatic rings. The van der Waals surface area contributed by atoms with Gasteiger partial charge in [0.25, 0.3) is 0 Å². The number of carbonyl (C=O) groups is 1. The van der Waals surface area contributed by atoms with Crippen LogP contribution in [0.5, 0.6) is 0 Å². The van der Waals surface area contributed by atoms with E-state index in [9.17, 15) is 15.0 Å². The van der Waals surface area contributed by atoms with Crippen molar-refractivity contribution in [1.82, 2.24) is 5.32 Å². The maximum Gasteiger partial charge on any atom is 0.220 e. The van der Waals surface area contributed by atoms with Crippen molar-refractivity contribution in [1.29, 1.82) is 0 Å². The van der Waals surface area contributed by atoms with Gasteiger partial charge in [-0.2, -0.15) is 0 Å². The fourth-order valence-electron chi connectivity index (χ4n) is 11.4. The van der Waals surface area contributed by atoms with Crippen molar-refractivity contribution >= 4 is 5.91 Å². The molecule has 0 aliphatic carbocycles. The van der Waals surface area contributed by atoms with Crippen molar-refractivity contribution in [3.05, 3.63) is 24.3 Å². The first-order valence-corrected chi connectivity index (χ1v) is 35.1. The molecule has 0 spiro atoms. The fraction of sp³-hybridized carbons (Fsp3) is 0.930. The average molecular weight is 1050 g/mol. The average Bonchev–Trinajstić information content (AvgIpc) is 3.41. The summed E-state index contributed by atoms with van der Waals surface area (Å²) in [6, 6.07) is -0.637. The van der Waals surface area contributed by atoms with E-state index in [-0.39, 0.29) is 12.5 Å². The predicted molar refractivity (Wildman–Crippen MR) is 336 cm³/mol. The van der Waals surface area contributed by atoms with Crippen LogP contribution in [0.3, 0.4) is 0 Å². The number of aliphatic hydroxyl groups is 2. The third-order valence-electron chi connectivity index (χ3n) is 16.7. The molecule has 1 amide bonds. The van der Waals surface area contributed by atoms with Crippen LogP contribution in [0.4, 0.5) is 0 Å². The Morgan fingerprint density at radius 3 is 0.773 bits per heavy atom. The molecule has 4 heteroatoms. The Morgan fingerprint density at radius 2 is 0.520 bits per heavy atom. The molecule has 446 valence electrons. The van der Waals surface area contributed by atoms with E-state index in [0.29, 0.717) is 6.42 Å². The van der Waals surface area contributed by atoms with Crippen molar-refractivity contribution in [3.8, 4) is 0 Å². The molecule has 2 atom stereocenters. The number of hydrogen-bond acceptors (Lipinski definition) is 3. The van der Waals surface area contributed by atoms with Crippen molar-refractivity contribution in [3.63, 3.8) is 0 Å². The summed E-state index contributed by atoms with van der Waals surface area (Å²) in [4.78, 5) is 12.5. The number of allylic oxidation sites excluding steroid dienone is 3. The summed E-state index contributed by atoms with van der Waals surface area (Å²) in [5.74, 6) is -0.0644. The molecule has 0 rings (SSSR count). The first kappa shape index (κ1) is 73.9. The molecule has 0 heterocycles. The summed E-state index contributed by atoms with van der Waals surface area (Å²) >= 11 is 0. The lowest BCUT2D eigenvalue weighted by molar-refractivity contribution is -0.123. The summed E-state index contributed by atoms with van der Waals surface area (Å²) in [7, 11) is 0. The Balaban J connectivity index is 3.39. The number of hydrogen-bond donors (Lipinski definition) is 3. The van der Waals surface area contributed by atoms with Gasteiger partial charge in [0.2, 0.25) is 5.91 Å². The SMILES string of the molecule is CCCCCCCCCCCCCCCCCCC/C=C/CC/C=C/C(O)C(CO)NC(=O)CCCCCCCCCCCCCCCCCCCCCCCCCCCCCCCCCCCCCCCCCC. The van der Waals surface area contributed by atoms with Gasteiger partial charge in [-0.3, -0.25) is 4.79 Å². The monoisotopic (exact) mass is 1050 g/mol. The highest BCUT2D eigenvalue weighted by molar-refractivity contribution is 5.76. The molecule has 0 saturated carbocycles. The Bertz CT molecular complexity index is 1100. The Kier molecular flexibility index (Phi) is 66.1. The maximum atomic E-state index is 12.5. The van der Waals surface area contributed by atoms with Gasteiger partial charge in [0, 0.05) is 6.42 Å². The van der Waals surface area contributed by atoms with Gasteiger partial charge in [-0.25, -0.2) is 0 Å². The van der Waals surface area contributed by atoms with E-state index in [4.69, 9.17) is 0 Å². The molecule has 0 aromatic carbocycles. The second kappa shape index (κ2) is 67.1. The number of aliphatic hydroxyl groups excluding tert-OH is 2. The van der Waals surface area contributed by atoms with E-state index in [2.05, 4.69) is 31.3 Å². The van der Waals surface area contributed by atoms with Crippen LogP contribution in [-0.4, -0.2) is 34.9 Å². The summed E-state index contributed by atoms with van der Waals surface area (Å²) < 4.78 is 0. The molecule has 0 aromatic heterocycles. The molecule has 0 radical (unpaired) electrons. The first-order chi connectivity index (χ1) is 37.2. The largest absolute Gasteiger partial charge is 0.394 e. The van der Waals surface area contributed by atoms with Crippen LogP contribution in [0.25, 0.3) is 0 Å². The number of rotatable bonds is 66. The minimum Gasteiger partial charge on any atom is -0.394 e. The smallest absolute Gasteiger partial charge is 0.220 e. The van der Waals surface area contributed by atoms with Crippen molar-refractivity contribution in [2.24, 2.45) is 0 Å². The zero-order valence-electron chi connectivity index (χ0n) is 51.6. The van der Waals surface area contributed by atoms with Crippen LogP contribution < -0.4 is 5.32 Å². The van der Waals surface area contributed by atoms with E-state index < -0.39 is 12.1 Å². The minimum atomic E-state index is -0.861. The molecule has 0 bridgehead atoms. The van der Waals surface area contributed by atoms with Gasteiger partial charge in [0.05, 0.1) is 18.8 Å². The van der Waals surface area contributed by atoms with Crippen molar-refractivity contribution in [2.45, 2.75) is 418 Å². The van der Waals surface area contributed by atoms with Gasteiger partial charge in [-0.05, 0) is 32.1 Å². The highest BCUT2D eigenvalue weighted by Gasteiger charge is 2.18. The van der Waals surface area contributed by atoms with Gasteiger partial charge in [-0.15, -0.1) is 0 Å². The third-order valence-corrected chi connectivity index (χ3v) is 16.7. The Labute approximate surface area is 472 Å². The minimum absolute atomic E-state index is 0.0644. The van der Waals surface area contributed by atoms with E-state index in [1.165, 1.54) is 353 Å². The van der Waals surface area contributed by atoms with Crippen LogP contribution in [0.2, 0.25) is 0 Å². The Hall–Kier alpha value is -1.13. The molecular weight excluding hydrogens is 915 g/mol. The number of amides is 1. The molecule has 4 nitrogen and oxygen atoms in total. The summed E-state index contributed by atoms with van der Waals surface area (Å²) in [6.45, 7) is 4.35. The highest BCUT2D eigenvalue weighted by Crippen LogP contribution is 2.19. The van der Waals surface area contributed by atoms with E-state index in [1.54, 1.807) is 6.08 Å². The fourth-order valence-corrected chi connectivity index (χ4v) is 11.4. The quantitative estimate of drug-likeness (QED) is 0.0420. The number of carbonyl (C=O) groups excluding carboxylic acids is 1. The van der Waals surface area contributed by atoms with E-state index in [0.717, 1.165) is 32.1 Å². The molecular formula is C71H139NO3. The van der Waals surface area contributed by atoms with Gasteiger partial charge in [-0.1, -0.05) is 391 Å². The lowest BCUT2D eigenvalue weighted by atomic mass is 10.0. The van der Waals surface area contributed by atoms with Crippen LogP contribution >= 0.6 is 0 Å². The standard InChI is InChI=1S/C71H139NO3/c1-3-5-7-9-11-13-15-17-19-21-23-25-27-28-29-30-31-32-33-34-35-36-37-38-39-40-41-42-43-45-47-49-51-53-55-57-59-61-63-65-67-71(75)72-69(68-73)70(74)66-64-62-60-58-56-54-52-50-48-46-44-26-24-22-20-18-16-14-12-10-8-6-4-2/h56,58,64,66,69-70,73-74H,3-55,57,59-63,65,67-68H2,1-2H3,(H,72,75)/b58-56+,66-64+. The molecule has 0 aliphatic rings. The first-order valence-electron chi connectivity index (χ1n) is 35.1. The molecule has 0 saturated heterocycles. The molecule has 75 heavy (non-hydrogen) atoms. The number of nitrogens with one attached hydrogen (secondary N) is 1. The molecule has 0 aliphatic heterocycles. The van der Waals surface area contributed by atoms with Crippen molar-refractivity contribution in [2.75, 3.05) is 6.61 Å². The topological polar surface area (TPSA) is 69.6 Å². The molecule has 3 N–H and O–H groups in total. The summed E-state index contributed by atoms with van der Waals surface area (Å²) in [6.07, 6.45) is 91.4. The van der Waals surface area contributed by atoms with Crippen LogP contribution in [-0.2, 0) is 4.79 Å². The molecule has 2 unspecified atom stereocenters. The maximum absolute atomic E-state index is 12.5. The second-order valence-corrected chi connectivity index (χ2v) is 24.3. The van der Waals surface area contributed by atoms with Crippen LogP contribution in [0.1, 0.15) is 406 Å². The lowest BCUT2D eigenvalue weighted by Crippen LogP contribution is -2.45. The summed E-state index contributed by atoms with van der Waals surface area (Å²) in [5.41, 5.74) is 0. The molecule has 0 fully saturated rings. The van der Waals surface area contributed by atoms with Crippen LogP contribution in [0, 0.1) is 0 Å². The normalized spacial score (nSPS) is 12.7. The zero-order chi connectivity index (χ0) is 54.1. The highest BCUT2D eigenvalue weighted by atomic mass is 16.3. The van der Waals surface area contributed by atoms with Gasteiger partial charge in [0.15, 0.2) is 0 Å². The second-order valence-electron chi connectivity index (χ2n) is 24.3. The van der Waals surface area contributed by atoms with Crippen LogP contribution in [0.15, 0.2) is 24.3 Å². The van der Waals surface area contributed by atoms with Crippen molar-refractivity contribution < 1.29 is 15.0 Å². The van der Waals surface area contributed by atoms with Gasteiger partial charge < -0.3 is 15.5 Å². The van der Waals surface area contributed by atoms with E-state index >= 15 is 0 Å².